The molecule has 0 aromatic carbocycles. The van der Waals surface area contributed by atoms with Crippen molar-refractivity contribution in [1.29, 1.82) is 0 Å². The summed E-state index contributed by atoms with van der Waals surface area (Å²) in [5.41, 5.74) is 0. The van der Waals surface area contributed by atoms with Gasteiger partial charge in [-0.05, 0) is 89.4 Å². The predicted octanol–water partition coefficient (Wildman–Crippen LogP) is 7.12. The summed E-state index contributed by atoms with van der Waals surface area (Å²) in [6.45, 7) is 2.36. The minimum atomic E-state index is -0.974. The molecule has 5 rings (SSSR count). The number of ether oxygens (including phenoxy) is 2. The molecule has 3 aliphatic carbocycles. The average molecular weight is 516 g/mol. The summed E-state index contributed by atoms with van der Waals surface area (Å²) in [6, 6.07) is 0. The van der Waals surface area contributed by atoms with Gasteiger partial charge in [-0.2, -0.15) is 0 Å². The quantitative estimate of drug-likeness (QED) is 0.168. The molecular formula is C30H45NO6. The van der Waals surface area contributed by atoms with Gasteiger partial charge in [0.05, 0.1) is 12.2 Å². The molecule has 206 valence electrons. The lowest BCUT2D eigenvalue weighted by atomic mass is 9.96. The molecule has 2 amide bonds. The van der Waals surface area contributed by atoms with Gasteiger partial charge >= 0.3 is 6.16 Å². The summed E-state index contributed by atoms with van der Waals surface area (Å²) in [5, 5.41) is 0.505. The van der Waals surface area contributed by atoms with Crippen molar-refractivity contribution >= 4 is 18.0 Å². The van der Waals surface area contributed by atoms with Gasteiger partial charge in [0.15, 0.2) is 0 Å². The second-order valence-corrected chi connectivity index (χ2v) is 10.6. The van der Waals surface area contributed by atoms with Gasteiger partial charge in [0.1, 0.15) is 6.10 Å². The molecule has 0 aromatic heterocycles. The van der Waals surface area contributed by atoms with Gasteiger partial charge in [0.2, 0.25) is 0 Å². The second kappa shape index (κ2) is 16.4. The number of carbonyl (C=O) groups excluding carboxylic acids is 3. The van der Waals surface area contributed by atoms with Crippen LogP contribution in [0.1, 0.15) is 110 Å². The van der Waals surface area contributed by atoms with Gasteiger partial charge in [0.25, 0.3) is 11.8 Å². The Morgan fingerprint density at radius 2 is 1.24 bits per heavy atom. The molecule has 0 spiro atoms. The number of imide groups is 1. The van der Waals surface area contributed by atoms with E-state index in [1.165, 1.54) is 57.8 Å². The Balaban J connectivity index is 0.000000174. The first-order valence-electron chi connectivity index (χ1n) is 14.4. The van der Waals surface area contributed by atoms with E-state index in [0.29, 0.717) is 17.3 Å². The fourth-order valence-corrected chi connectivity index (χ4v) is 4.92. The van der Waals surface area contributed by atoms with Crippen LogP contribution in [0.25, 0.3) is 0 Å². The Kier molecular flexibility index (Phi) is 12.9. The van der Waals surface area contributed by atoms with Crippen LogP contribution in [0, 0.1) is 5.92 Å². The molecule has 0 radical (unpaired) electrons. The van der Waals surface area contributed by atoms with Crippen LogP contribution >= 0.6 is 0 Å². The molecule has 0 bridgehead atoms. The number of allylic oxidation sites excluding steroid dienone is 6. The largest absolute Gasteiger partial charge is 0.534 e. The number of amides is 2. The Hall–Kier alpha value is -2.41. The average Bonchev–Trinajstić information content (AvgIpc) is 3.49. The van der Waals surface area contributed by atoms with Crippen LogP contribution in [0.15, 0.2) is 36.5 Å². The van der Waals surface area contributed by atoms with E-state index in [1.807, 2.05) is 0 Å². The predicted molar refractivity (Wildman–Crippen MR) is 142 cm³/mol. The fraction of sp³-hybridized carbons (Fsp3) is 0.700. The van der Waals surface area contributed by atoms with E-state index in [1.54, 1.807) is 0 Å². The molecule has 0 N–H and O–H groups in total. The van der Waals surface area contributed by atoms with Gasteiger partial charge in [0, 0.05) is 12.8 Å². The van der Waals surface area contributed by atoms with E-state index in [0.717, 1.165) is 38.0 Å². The lowest BCUT2D eigenvalue weighted by Crippen LogP contribution is -2.33. The van der Waals surface area contributed by atoms with Gasteiger partial charge in [-0.15, -0.1) is 0 Å². The number of hydrogen-bond acceptors (Lipinski definition) is 6. The van der Waals surface area contributed by atoms with Crippen molar-refractivity contribution in [2.45, 2.75) is 128 Å². The SMILES string of the molecule is C1=CCCC2OC2CC1.CC1CC/C=C/CCC1.O=C(OC1CC/C=C/CCC1)ON1C(=O)CCC1=O. The van der Waals surface area contributed by atoms with Crippen LogP contribution in [-0.4, -0.2) is 41.3 Å². The van der Waals surface area contributed by atoms with E-state index in [9.17, 15) is 14.4 Å². The summed E-state index contributed by atoms with van der Waals surface area (Å²) >= 11 is 0. The lowest BCUT2D eigenvalue weighted by molar-refractivity contribution is -0.178. The zero-order valence-electron chi connectivity index (χ0n) is 22.5. The van der Waals surface area contributed by atoms with Crippen LogP contribution in [0.5, 0.6) is 0 Å². The highest BCUT2D eigenvalue weighted by atomic mass is 16.8. The Morgan fingerprint density at radius 3 is 1.86 bits per heavy atom. The van der Waals surface area contributed by atoms with Crippen molar-refractivity contribution in [1.82, 2.24) is 5.06 Å². The monoisotopic (exact) mass is 515 g/mol. The molecule has 7 heteroatoms. The zero-order valence-corrected chi connectivity index (χ0v) is 22.5. The molecule has 4 unspecified atom stereocenters. The summed E-state index contributed by atoms with van der Waals surface area (Å²) in [7, 11) is 0. The number of nitrogens with zero attached hydrogens (tertiary/aromatic N) is 1. The van der Waals surface area contributed by atoms with Crippen LogP contribution in [0.2, 0.25) is 0 Å². The maximum absolute atomic E-state index is 11.5. The molecule has 0 saturated carbocycles. The van der Waals surface area contributed by atoms with Gasteiger partial charge in [-0.1, -0.05) is 54.9 Å². The number of rotatable bonds is 2. The maximum Gasteiger partial charge on any atom is 0.534 e. The standard InChI is InChI=1S/C13H17NO5.C9H16.C8H12O/c15-11-8-9-12(16)14(11)19-13(17)18-10-6-4-2-1-3-5-7-10;1-9-7-5-3-2-4-6-8-9;1-2-4-6-8-7(9-8)5-3-1/h1-2,10H,3-9H2;2-3,9H,4-8H2,1H3;1-2,7-8H,3-6H2/b2-1+;3-2+;. The number of fused-ring (bicyclic) bond motifs is 1. The Labute approximate surface area is 222 Å². The highest BCUT2D eigenvalue weighted by Gasteiger charge is 2.37. The minimum Gasteiger partial charge on any atom is -0.429 e. The van der Waals surface area contributed by atoms with Crippen molar-refractivity contribution in [2.75, 3.05) is 0 Å². The molecule has 2 fully saturated rings. The minimum absolute atomic E-state index is 0.0837. The van der Waals surface area contributed by atoms with E-state index in [2.05, 4.69) is 48.2 Å². The molecule has 7 nitrogen and oxygen atoms in total. The van der Waals surface area contributed by atoms with Crippen molar-refractivity contribution < 1.29 is 28.7 Å². The maximum atomic E-state index is 11.5. The van der Waals surface area contributed by atoms with Crippen molar-refractivity contribution in [2.24, 2.45) is 5.92 Å². The molecule has 0 aromatic rings. The molecule has 2 aliphatic heterocycles. The zero-order chi connectivity index (χ0) is 26.3. The van der Waals surface area contributed by atoms with Gasteiger partial charge in [-0.3, -0.25) is 14.4 Å². The van der Waals surface area contributed by atoms with Crippen LogP contribution in [0.4, 0.5) is 4.79 Å². The lowest BCUT2D eigenvalue weighted by Gasteiger charge is -2.19. The smallest absolute Gasteiger partial charge is 0.429 e. The molecule has 2 saturated heterocycles. The molecule has 37 heavy (non-hydrogen) atoms. The summed E-state index contributed by atoms with van der Waals surface area (Å²) in [5.74, 6) is -0.0277. The summed E-state index contributed by atoms with van der Waals surface area (Å²) < 4.78 is 10.5. The number of epoxide rings is 1. The number of hydroxylamine groups is 2. The van der Waals surface area contributed by atoms with Crippen molar-refractivity contribution in [3.05, 3.63) is 36.5 Å². The van der Waals surface area contributed by atoms with E-state index >= 15 is 0 Å². The highest BCUT2D eigenvalue weighted by molar-refractivity contribution is 6.01. The third kappa shape index (κ3) is 11.7. The van der Waals surface area contributed by atoms with Crippen molar-refractivity contribution in [3.63, 3.8) is 0 Å². The molecule has 4 atom stereocenters. The van der Waals surface area contributed by atoms with Crippen LogP contribution in [0.3, 0.4) is 0 Å². The van der Waals surface area contributed by atoms with Crippen molar-refractivity contribution in [3.8, 4) is 0 Å². The first-order valence-corrected chi connectivity index (χ1v) is 14.4. The summed E-state index contributed by atoms with van der Waals surface area (Å²) in [4.78, 5) is 38.8. The highest BCUT2D eigenvalue weighted by Crippen LogP contribution is 2.31. The third-order valence-electron chi connectivity index (χ3n) is 7.30. The topological polar surface area (TPSA) is 85.4 Å². The fourth-order valence-electron chi connectivity index (χ4n) is 4.92. The van der Waals surface area contributed by atoms with Gasteiger partial charge in [-0.25, -0.2) is 4.79 Å². The number of hydrogen-bond donors (Lipinski definition) is 0. The van der Waals surface area contributed by atoms with E-state index < -0.39 is 18.0 Å². The molecule has 2 heterocycles. The molecular weight excluding hydrogens is 470 g/mol. The van der Waals surface area contributed by atoms with E-state index in [4.69, 9.17) is 9.47 Å². The van der Waals surface area contributed by atoms with E-state index in [-0.39, 0.29) is 18.9 Å². The first-order chi connectivity index (χ1) is 18.0. The summed E-state index contributed by atoms with van der Waals surface area (Å²) in [6.07, 6.45) is 29.7. The van der Waals surface area contributed by atoms with Crippen LogP contribution < -0.4 is 0 Å². The Bertz CT molecular complexity index is 783. The van der Waals surface area contributed by atoms with Gasteiger partial charge < -0.3 is 9.47 Å². The Morgan fingerprint density at radius 1 is 0.730 bits per heavy atom. The third-order valence-corrected chi connectivity index (χ3v) is 7.30. The normalized spacial score (nSPS) is 31.1. The molecule has 5 aliphatic rings. The second-order valence-electron chi connectivity index (χ2n) is 10.6. The first kappa shape index (κ1) is 29.2. The number of carbonyl (C=O) groups is 3. The van der Waals surface area contributed by atoms with Crippen LogP contribution in [-0.2, 0) is 23.9 Å².